The van der Waals surface area contributed by atoms with Crippen LogP contribution in [-0.4, -0.2) is 54.6 Å². The summed E-state index contributed by atoms with van der Waals surface area (Å²) < 4.78 is 0. The number of rotatable bonds is 1. The first kappa shape index (κ1) is 11.5. The average molecular weight is 195 g/mol. The zero-order valence-electron chi connectivity index (χ0n) is 9.75. The standard InChI is InChI=1S/C11H21N3/c1-11(2,3)14-7-6-13(5)10(9-14)8-12-4/h10H,6-9H2,1-3,5H3/t10-/m0/s1. The van der Waals surface area contributed by atoms with Crippen LogP contribution in [0.15, 0.2) is 0 Å². The van der Waals surface area contributed by atoms with Crippen LogP contribution in [0.1, 0.15) is 20.8 Å². The van der Waals surface area contributed by atoms with Gasteiger partial charge in [-0.1, -0.05) is 0 Å². The van der Waals surface area contributed by atoms with Gasteiger partial charge in [0.2, 0.25) is 6.54 Å². The molecule has 0 aromatic rings. The van der Waals surface area contributed by atoms with Crippen LogP contribution >= 0.6 is 0 Å². The predicted octanol–water partition coefficient (Wildman–Crippen LogP) is 1.32. The maximum Gasteiger partial charge on any atom is 0.231 e. The molecule has 1 fully saturated rings. The van der Waals surface area contributed by atoms with E-state index >= 15 is 0 Å². The van der Waals surface area contributed by atoms with E-state index < -0.39 is 0 Å². The molecular formula is C11H21N3. The number of hydrogen-bond acceptors (Lipinski definition) is 2. The maximum absolute atomic E-state index is 6.93. The van der Waals surface area contributed by atoms with E-state index in [1.54, 1.807) is 0 Å². The summed E-state index contributed by atoms with van der Waals surface area (Å²) in [6, 6.07) is 0.417. The summed E-state index contributed by atoms with van der Waals surface area (Å²) in [5.41, 5.74) is 0.238. The van der Waals surface area contributed by atoms with Gasteiger partial charge in [0.25, 0.3) is 0 Å². The summed E-state index contributed by atoms with van der Waals surface area (Å²) in [5, 5.41) is 0. The zero-order chi connectivity index (χ0) is 10.8. The summed E-state index contributed by atoms with van der Waals surface area (Å²) in [6.07, 6.45) is 0. The Morgan fingerprint density at radius 3 is 2.50 bits per heavy atom. The molecule has 0 aliphatic carbocycles. The van der Waals surface area contributed by atoms with Crippen molar-refractivity contribution in [3.05, 3.63) is 11.4 Å². The third kappa shape index (κ3) is 2.70. The van der Waals surface area contributed by atoms with Crippen LogP contribution in [0.3, 0.4) is 0 Å². The second-order valence-corrected chi connectivity index (χ2v) is 5.09. The maximum atomic E-state index is 6.93. The third-order valence-electron chi connectivity index (χ3n) is 3.03. The molecule has 0 amide bonds. The van der Waals surface area contributed by atoms with E-state index in [4.69, 9.17) is 6.57 Å². The second kappa shape index (κ2) is 4.29. The molecule has 0 unspecified atom stereocenters. The van der Waals surface area contributed by atoms with Gasteiger partial charge < -0.3 is 4.85 Å². The topological polar surface area (TPSA) is 10.8 Å². The fraction of sp³-hybridized carbons (Fsp3) is 0.909. The van der Waals surface area contributed by atoms with Gasteiger partial charge in [0.1, 0.15) is 0 Å². The van der Waals surface area contributed by atoms with Crippen molar-refractivity contribution >= 4 is 0 Å². The molecule has 0 aromatic carbocycles. The van der Waals surface area contributed by atoms with Gasteiger partial charge in [0.15, 0.2) is 0 Å². The van der Waals surface area contributed by atoms with Crippen LogP contribution in [0.2, 0.25) is 0 Å². The van der Waals surface area contributed by atoms with E-state index in [2.05, 4.69) is 42.5 Å². The lowest BCUT2D eigenvalue weighted by Gasteiger charge is -2.44. The van der Waals surface area contributed by atoms with E-state index in [9.17, 15) is 0 Å². The minimum atomic E-state index is 0.238. The van der Waals surface area contributed by atoms with Crippen LogP contribution in [-0.2, 0) is 0 Å². The lowest BCUT2D eigenvalue weighted by atomic mass is 10.0. The fourth-order valence-corrected chi connectivity index (χ4v) is 1.86. The molecule has 0 saturated carbocycles. The molecule has 0 aromatic heterocycles. The number of nitrogens with zero attached hydrogens (tertiary/aromatic N) is 3. The Morgan fingerprint density at radius 1 is 1.36 bits per heavy atom. The van der Waals surface area contributed by atoms with Gasteiger partial charge in [-0.25, -0.2) is 6.57 Å². The van der Waals surface area contributed by atoms with E-state index in [0.717, 1.165) is 19.6 Å². The summed E-state index contributed by atoms with van der Waals surface area (Å²) >= 11 is 0. The lowest BCUT2D eigenvalue weighted by molar-refractivity contribution is 0.0406. The molecule has 1 aliphatic heterocycles. The van der Waals surface area contributed by atoms with E-state index in [-0.39, 0.29) is 5.54 Å². The second-order valence-electron chi connectivity index (χ2n) is 5.09. The Hall–Kier alpha value is -0.590. The molecule has 1 rings (SSSR count). The van der Waals surface area contributed by atoms with Crippen molar-refractivity contribution in [3.63, 3.8) is 0 Å². The molecule has 3 heteroatoms. The minimum Gasteiger partial charge on any atom is -0.315 e. The minimum absolute atomic E-state index is 0.238. The highest BCUT2D eigenvalue weighted by atomic mass is 15.3. The monoisotopic (exact) mass is 195 g/mol. The van der Waals surface area contributed by atoms with Crippen molar-refractivity contribution in [2.45, 2.75) is 32.4 Å². The summed E-state index contributed by atoms with van der Waals surface area (Å²) in [4.78, 5) is 8.29. The van der Waals surface area contributed by atoms with Crippen LogP contribution in [0.4, 0.5) is 0 Å². The van der Waals surface area contributed by atoms with Gasteiger partial charge in [-0.15, -0.1) is 0 Å². The van der Waals surface area contributed by atoms with Crippen molar-refractivity contribution in [2.24, 2.45) is 0 Å². The number of likely N-dealkylation sites (N-methyl/N-ethyl adjacent to an activating group) is 1. The molecule has 1 saturated heterocycles. The molecule has 14 heavy (non-hydrogen) atoms. The first-order chi connectivity index (χ1) is 6.45. The van der Waals surface area contributed by atoms with Crippen LogP contribution < -0.4 is 0 Å². The smallest absolute Gasteiger partial charge is 0.231 e. The molecule has 0 bridgehead atoms. The van der Waals surface area contributed by atoms with Gasteiger partial charge in [-0.05, 0) is 27.8 Å². The van der Waals surface area contributed by atoms with E-state index in [0.29, 0.717) is 12.6 Å². The summed E-state index contributed by atoms with van der Waals surface area (Å²) in [7, 11) is 2.12. The molecule has 3 nitrogen and oxygen atoms in total. The predicted molar refractivity (Wildman–Crippen MR) is 59.2 cm³/mol. The van der Waals surface area contributed by atoms with E-state index in [1.807, 2.05) is 0 Å². The van der Waals surface area contributed by atoms with Crippen molar-refractivity contribution < 1.29 is 0 Å². The zero-order valence-corrected chi connectivity index (χ0v) is 9.75. The Bertz CT molecular complexity index is 224. The fourth-order valence-electron chi connectivity index (χ4n) is 1.86. The van der Waals surface area contributed by atoms with Gasteiger partial charge in [0, 0.05) is 25.2 Å². The Labute approximate surface area is 87.5 Å². The highest BCUT2D eigenvalue weighted by Gasteiger charge is 2.31. The summed E-state index contributed by atoms with van der Waals surface area (Å²) in [5.74, 6) is 0. The van der Waals surface area contributed by atoms with Gasteiger partial charge in [0.05, 0.1) is 6.04 Å². The molecule has 1 heterocycles. The molecule has 0 radical (unpaired) electrons. The van der Waals surface area contributed by atoms with Crippen LogP contribution in [0.25, 0.3) is 4.85 Å². The van der Waals surface area contributed by atoms with Crippen molar-refractivity contribution in [2.75, 3.05) is 33.2 Å². The average Bonchev–Trinajstić information content (AvgIpc) is 2.07. The van der Waals surface area contributed by atoms with Gasteiger partial charge in [-0.2, -0.15) is 0 Å². The highest BCUT2D eigenvalue weighted by molar-refractivity contribution is 4.89. The molecule has 1 aliphatic rings. The first-order valence-corrected chi connectivity index (χ1v) is 5.23. The Morgan fingerprint density at radius 2 is 2.00 bits per heavy atom. The number of hydrogen-bond donors (Lipinski definition) is 0. The van der Waals surface area contributed by atoms with Crippen molar-refractivity contribution in [1.29, 1.82) is 0 Å². The van der Waals surface area contributed by atoms with Crippen LogP contribution in [0.5, 0.6) is 0 Å². The quantitative estimate of drug-likeness (QED) is 0.584. The third-order valence-corrected chi connectivity index (χ3v) is 3.03. The Balaban J connectivity index is 2.58. The summed E-state index contributed by atoms with van der Waals surface area (Å²) in [6.45, 7) is 17.5. The van der Waals surface area contributed by atoms with E-state index in [1.165, 1.54) is 0 Å². The van der Waals surface area contributed by atoms with Crippen LogP contribution in [0, 0.1) is 6.57 Å². The lowest BCUT2D eigenvalue weighted by Crippen LogP contribution is -2.57. The molecule has 0 N–H and O–H groups in total. The van der Waals surface area contributed by atoms with Crippen molar-refractivity contribution in [3.8, 4) is 0 Å². The number of piperazine rings is 1. The SMILES string of the molecule is [C-]#[N+]C[C@H]1CN(C(C)(C)C)CCN1C. The van der Waals surface area contributed by atoms with Gasteiger partial charge >= 0.3 is 0 Å². The Kier molecular flexibility index (Phi) is 3.52. The molecule has 0 spiro atoms. The van der Waals surface area contributed by atoms with Gasteiger partial charge in [-0.3, -0.25) is 9.80 Å². The first-order valence-electron chi connectivity index (χ1n) is 5.23. The highest BCUT2D eigenvalue weighted by Crippen LogP contribution is 2.18. The molecule has 1 atom stereocenters. The largest absolute Gasteiger partial charge is 0.315 e. The van der Waals surface area contributed by atoms with Crippen molar-refractivity contribution in [1.82, 2.24) is 9.80 Å². The molecular weight excluding hydrogens is 174 g/mol. The molecule has 80 valence electrons. The normalized spacial score (nSPS) is 26.1.